The van der Waals surface area contributed by atoms with Gasteiger partial charge in [0.1, 0.15) is 0 Å². The monoisotopic (exact) mass is 399 g/mol. The molecule has 1 N–H and O–H groups in total. The maximum atomic E-state index is 12.8. The number of sulfonamides is 1. The average Bonchev–Trinajstić information content (AvgIpc) is 2.72. The zero-order valence-corrected chi connectivity index (χ0v) is 17.0. The summed E-state index contributed by atoms with van der Waals surface area (Å²) in [4.78, 5) is 12.5. The second-order valence-corrected chi connectivity index (χ2v) is 8.98. The minimum atomic E-state index is -3.66. The number of hydrazone groups is 1. The number of hydrogen-bond donors (Lipinski definition) is 1. The molecule has 1 amide bonds. The molecule has 0 atom stereocenters. The van der Waals surface area contributed by atoms with Gasteiger partial charge in [0.25, 0.3) is 15.9 Å². The molecule has 0 unspecified atom stereocenters. The molecule has 7 heteroatoms. The van der Waals surface area contributed by atoms with Crippen LogP contribution in [0, 0.1) is 6.92 Å². The highest BCUT2D eigenvalue weighted by Gasteiger charge is 2.21. The van der Waals surface area contributed by atoms with Gasteiger partial charge in [-0.3, -0.25) is 9.10 Å². The summed E-state index contributed by atoms with van der Waals surface area (Å²) in [5.41, 5.74) is 5.54. The summed E-state index contributed by atoms with van der Waals surface area (Å²) in [7, 11) is -2.16. The van der Waals surface area contributed by atoms with Crippen molar-refractivity contribution in [3.63, 3.8) is 0 Å². The minimum Gasteiger partial charge on any atom is -0.269 e. The molecular weight excluding hydrogens is 374 g/mol. The molecule has 0 heterocycles. The van der Waals surface area contributed by atoms with E-state index in [0.717, 1.165) is 37.0 Å². The molecule has 0 bridgehead atoms. The number of rotatable bonds is 5. The van der Waals surface area contributed by atoms with Crippen molar-refractivity contribution >= 4 is 27.3 Å². The Morgan fingerprint density at radius 1 is 0.964 bits per heavy atom. The van der Waals surface area contributed by atoms with Crippen LogP contribution in [0.3, 0.4) is 0 Å². The van der Waals surface area contributed by atoms with E-state index < -0.39 is 10.0 Å². The first kappa shape index (κ1) is 20.1. The Balaban J connectivity index is 1.70. The van der Waals surface area contributed by atoms with E-state index in [9.17, 15) is 13.2 Å². The molecule has 6 nitrogen and oxygen atoms in total. The lowest BCUT2D eigenvalue weighted by Crippen LogP contribution is -2.26. The van der Waals surface area contributed by atoms with Crippen molar-refractivity contribution in [1.82, 2.24) is 5.43 Å². The normalized spacial score (nSPS) is 14.4. The molecule has 0 saturated heterocycles. The summed E-state index contributed by atoms with van der Waals surface area (Å²) >= 11 is 0. The van der Waals surface area contributed by atoms with Crippen LogP contribution < -0.4 is 9.73 Å². The fraction of sp³-hybridized carbons (Fsp3) is 0.333. The molecule has 3 rings (SSSR count). The number of carbonyl (C=O) groups is 1. The van der Waals surface area contributed by atoms with Crippen molar-refractivity contribution in [2.45, 2.75) is 43.9 Å². The summed E-state index contributed by atoms with van der Waals surface area (Å²) in [6, 6.07) is 13.2. The Morgan fingerprint density at radius 2 is 1.57 bits per heavy atom. The third kappa shape index (κ3) is 4.59. The van der Waals surface area contributed by atoms with Gasteiger partial charge in [0.05, 0.1) is 10.6 Å². The Kier molecular flexibility index (Phi) is 6.14. The number of aryl methyl sites for hydroxylation is 1. The number of nitrogens with zero attached hydrogens (tertiary/aromatic N) is 2. The van der Waals surface area contributed by atoms with E-state index in [1.807, 2.05) is 6.92 Å². The van der Waals surface area contributed by atoms with Crippen LogP contribution in [0.25, 0.3) is 0 Å². The van der Waals surface area contributed by atoms with Crippen LogP contribution in [0.5, 0.6) is 0 Å². The van der Waals surface area contributed by atoms with E-state index in [1.165, 1.54) is 17.8 Å². The predicted molar refractivity (Wildman–Crippen MR) is 111 cm³/mol. The van der Waals surface area contributed by atoms with Gasteiger partial charge in [-0.2, -0.15) is 5.10 Å². The minimum absolute atomic E-state index is 0.228. The molecule has 0 aromatic heterocycles. The number of benzene rings is 2. The van der Waals surface area contributed by atoms with Gasteiger partial charge in [-0.25, -0.2) is 13.8 Å². The predicted octanol–water partition coefficient (Wildman–Crippen LogP) is 3.87. The first-order chi connectivity index (χ1) is 13.4. The molecule has 0 radical (unpaired) electrons. The molecule has 2 aromatic carbocycles. The van der Waals surface area contributed by atoms with Crippen LogP contribution in [0.2, 0.25) is 0 Å². The lowest BCUT2D eigenvalue weighted by atomic mass is 9.99. The van der Waals surface area contributed by atoms with E-state index in [0.29, 0.717) is 11.3 Å². The van der Waals surface area contributed by atoms with Crippen LogP contribution in [-0.2, 0) is 10.0 Å². The second kappa shape index (κ2) is 8.56. The second-order valence-electron chi connectivity index (χ2n) is 7.01. The van der Waals surface area contributed by atoms with E-state index in [2.05, 4.69) is 10.5 Å². The van der Waals surface area contributed by atoms with Crippen molar-refractivity contribution in [3.8, 4) is 0 Å². The van der Waals surface area contributed by atoms with Crippen molar-refractivity contribution in [2.75, 3.05) is 11.4 Å². The topological polar surface area (TPSA) is 78.8 Å². The smallest absolute Gasteiger partial charge is 0.269 e. The van der Waals surface area contributed by atoms with Crippen molar-refractivity contribution in [1.29, 1.82) is 0 Å². The Morgan fingerprint density at radius 3 is 2.18 bits per heavy atom. The molecule has 2 aromatic rings. The van der Waals surface area contributed by atoms with E-state index in [4.69, 9.17) is 0 Å². The van der Waals surface area contributed by atoms with Crippen LogP contribution in [0.4, 0.5) is 5.69 Å². The number of anilines is 1. The summed E-state index contributed by atoms with van der Waals surface area (Å²) in [5.74, 6) is -0.298. The molecule has 1 aliphatic carbocycles. The largest absolute Gasteiger partial charge is 0.271 e. The Bertz CT molecular complexity index is 957. The van der Waals surface area contributed by atoms with Gasteiger partial charge in [-0.05, 0) is 69.0 Å². The third-order valence-electron chi connectivity index (χ3n) is 4.92. The third-order valence-corrected chi connectivity index (χ3v) is 6.72. The zero-order valence-electron chi connectivity index (χ0n) is 16.2. The molecule has 1 saturated carbocycles. The van der Waals surface area contributed by atoms with Gasteiger partial charge < -0.3 is 0 Å². The van der Waals surface area contributed by atoms with E-state index in [1.54, 1.807) is 48.5 Å². The Hall–Kier alpha value is -2.67. The lowest BCUT2D eigenvalue weighted by Gasteiger charge is -2.20. The lowest BCUT2D eigenvalue weighted by molar-refractivity contribution is 0.0954. The maximum absolute atomic E-state index is 12.8. The standard InChI is InChI=1S/C21H25N3O3S/c1-16-8-14-20(15-9-16)28(26,27)24(2)19-12-10-17(11-13-19)21(25)23-22-18-6-4-3-5-7-18/h8-15H,3-7H2,1-2H3,(H,23,25). The highest BCUT2D eigenvalue weighted by molar-refractivity contribution is 7.92. The summed E-state index contributed by atoms with van der Waals surface area (Å²) in [6.07, 6.45) is 5.31. The molecule has 0 spiro atoms. The number of nitrogens with one attached hydrogen (secondary N) is 1. The van der Waals surface area contributed by atoms with Gasteiger partial charge in [0.15, 0.2) is 0 Å². The first-order valence-electron chi connectivity index (χ1n) is 9.39. The molecule has 1 fully saturated rings. The molecule has 148 valence electrons. The van der Waals surface area contributed by atoms with Crippen molar-refractivity contribution in [2.24, 2.45) is 5.10 Å². The van der Waals surface area contributed by atoms with Crippen LogP contribution >= 0.6 is 0 Å². The molecule has 0 aliphatic heterocycles. The quantitative estimate of drug-likeness (QED) is 0.775. The van der Waals surface area contributed by atoms with Crippen molar-refractivity contribution in [3.05, 3.63) is 59.7 Å². The summed E-state index contributed by atoms with van der Waals surface area (Å²) < 4.78 is 26.7. The fourth-order valence-corrected chi connectivity index (χ4v) is 4.29. The number of amides is 1. The van der Waals surface area contributed by atoms with Gasteiger partial charge in [-0.1, -0.05) is 24.1 Å². The molecular formula is C21H25N3O3S. The van der Waals surface area contributed by atoms with Crippen LogP contribution in [0.1, 0.15) is 48.0 Å². The first-order valence-corrected chi connectivity index (χ1v) is 10.8. The SMILES string of the molecule is Cc1ccc(S(=O)(=O)N(C)c2ccc(C(=O)NN=C3CCCCC3)cc2)cc1. The highest BCUT2D eigenvalue weighted by atomic mass is 32.2. The van der Waals surface area contributed by atoms with E-state index >= 15 is 0 Å². The van der Waals surface area contributed by atoms with Crippen LogP contribution in [-0.4, -0.2) is 27.1 Å². The van der Waals surface area contributed by atoms with Gasteiger partial charge in [0.2, 0.25) is 0 Å². The maximum Gasteiger partial charge on any atom is 0.271 e. The fourth-order valence-electron chi connectivity index (χ4n) is 3.10. The zero-order chi connectivity index (χ0) is 20.1. The number of hydrogen-bond acceptors (Lipinski definition) is 4. The highest BCUT2D eigenvalue weighted by Crippen LogP contribution is 2.23. The van der Waals surface area contributed by atoms with E-state index in [-0.39, 0.29) is 10.8 Å². The van der Waals surface area contributed by atoms with Gasteiger partial charge >= 0.3 is 0 Å². The summed E-state index contributed by atoms with van der Waals surface area (Å²) in [5, 5.41) is 4.21. The van der Waals surface area contributed by atoms with Gasteiger partial charge in [0, 0.05) is 18.3 Å². The Labute approximate surface area is 166 Å². The molecule has 28 heavy (non-hydrogen) atoms. The molecule has 1 aliphatic rings. The average molecular weight is 400 g/mol. The summed E-state index contributed by atoms with van der Waals surface area (Å²) in [6.45, 7) is 1.91. The number of carbonyl (C=O) groups excluding carboxylic acids is 1. The van der Waals surface area contributed by atoms with Crippen LogP contribution in [0.15, 0.2) is 58.5 Å². The van der Waals surface area contributed by atoms with Crippen molar-refractivity contribution < 1.29 is 13.2 Å². The van der Waals surface area contributed by atoms with Gasteiger partial charge in [-0.15, -0.1) is 0 Å².